The van der Waals surface area contributed by atoms with Crippen molar-refractivity contribution in [1.82, 2.24) is 20.1 Å². The number of anilines is 1. The molecule has 1 aromatic carbocycles. The fraction of sp³-hybridized carbons (Fsp3) is 0.500. The van der Waals surface area contributed by atoms with Crippen molar-refractivity contribution in [2.24, 2.45) is 0 Å². The normalized spacial score (nSPS) is 17.3. The Balaban J connectivity index is 1.82. The largest absolute Gasteiger partial charge is 0.467 e. The summed E-state index contributed by atoms with van der Waals surface area (Å²) in [5.74, 6) is 1.05. The van der Waals surface area contributed by atoms with Gasteiger partial charge < -0.3 is 19.7 Å². The summed E-state index contributed by atoms with van der Waals surface area (Å²) in [7, 11) is 2.12. The van der Waals surface area contributed by atoms with E-state index < -0.39 is 0 Å². The molecule has 8 nitrogen and oxygen atoms in total. The van der Waals surface area contributed by atoms with Crippen LogP contribution in [-0.4, -0.2) is 65.9 Å². The molecule has 2 aromatic rings. The van der Waals surface area contributed by atoms with E-state index in [-0.39, 0.29) is 6.79 Å². The minimum Gasteiger partial charge on any atom is -0.467 e. The highest BCUT2D eigenvalue weighted by molar-refractivity contribution is 5.80. The van der Waals surface area contributed by atoms with Gasteiger partial charge in [-0.1, -0.05) is 6.07 Å². The molecule has 0 aliphatic carbocycles. The molecule has 1 aliphatic rings. The summed E-state index contributed by atoms with van der Waals surface area (Å²) in [5, 5.41) is 12.0. The van der Waals surface area contributed by atoms with Crippen LogP contribution in [-0.2, 0) is 4.74 Å². The standard InChI is InChI=1S/C20H27N5O3/c1-4-27-13-28-18-10-15(12-26)7-8-17(18)19-14(2)21-20(24-23-19)22-16-6-5-9-25(3)11-16/h7-8,10,12,16H,4-6,9,11,13H2,1-3H3,(H,21,22,24). The van der Waals surface area contributed by atoms with Gasteiger partial charge in [0, 0.05) is 30.3 Å². The molecular formula is C20H27N5O3. The molecule has 0 saturated carbocycles. The summed E-state index contributed by atoms with van der Waals surface area (Å²) in [6.07, 6.45) is 3.03. The zero-order valence-corrected chi connectivity index (χ0v) is 16.6. The van der Waals surface area contributed by atoms with Gasteiger partial charge in [0.2, 0.25) is 5.95 Å². The predicted octanol–water partition coefficient (Wildman–Crippen LogP) is 2.54. The first-order valence-corrected chi connectivity index (χ1v) is 9.57. The lowest BCUT2D eigenvalue weighted by Crippen LogP contribution is -2.40. The third-order valence-electron chi connectivity index (χ3n) is 4.72. The topological polar surface area (TPSA) is 89.5 Å². The second kappa shape index (κ2) is 9.57. The second-order valence-electron chi connectivity index (χ2n) is 6.94. The lowest BCUT2D eigenvalue weighted by atomic mass is 10.1. The van der Waals surface area contributed by atoms with E-state index in [0.29, 0.717) is 35.6 Å². The van der Waals surface area contributed by atoms with Crippen LogP contribution in [0.4, 0.5) is 5.95 Å². The number of carbonyl (C=O) groups excluding carboxylic acids is 1. The van der Waals surface area contributed by atoms with E-state index in [1.807, 2.05) is 13.8 Å². The SMILES string of the molecule is CCOCOc1cc(C=O)ccc1-c1nnc(NC2CCCN(C)C2)nc1C. The maximum absolute atomic E-state index is 11.1. The number of ether oxygens (including phenoxy) is 2. The van der Waals surface area contributed by atoms with Crippen molar-refractivity contribution in [3.8, 4) is 17.0 Å². The van der Waals surface area contributed by atoms with Gasteiger partial charge in [0.05, 0.1) is 5.69 Å². The highest BCUT2D eigenvalue weighted by Crippen LogP contribution is 2.31. The molecule has 0 radical (unpaired) electrons. The molecule has 1 aromatic heterocycles. The summed E-state index contributed by atoms with van der Waals surface area (Å²) in [6, 6.07) is 5.52. The fourth-order valence-corrected chi connectivity index (χ4v) is 3.30. The van der Waals surface area contributed by atoms with E-state index in [4.69, 9.17) is 9.47 Å². The number of aromatic nitrogens is 3. The molecule has 1 N–H and O–H groups in total. The van der Waals surface area contributed by atoms with E-state index in [2.05, 4.69) is 32.4 Å². The predicted molar refractivity (Wildman–Crippen MR) is 107 cm³/mol. The Morgan fingerprint density at radius 3 is 2.93 bits per heavy atom. The Bertz CT molecular complexity index is 814. The number of hydrogen-bond acceptors (Lipinski definition) is 8. The van der Waals surface area contributed by atoms with E-state index in [1.54, 1.807) is 18.2 Å². The molecular weight excluding hydrogens is 358 g/mol. The number of carbonyl (C=O) groups is 1. The lowest BCUT2D eigenvalue weighted by molar-refractivity contribution is 0.0227. The zero-order chi connectivity index (χ0) is 19.9. The molecule has 1 atom stereocenters. The van der Waals surface area contributed by atoms with Crippen LogP contribution in [0.15, 0.2) is 18.2 Å². The molecule has 1 unspecified atom stereocenters. The molecule has 0 bridgehead atoms. The number of likely N-dealkylation sites (N-methyl/N-ethyl adjacent to an activating group) is 1. The van der Waals surface area contributed by atoms with Gasteiger partial charge in [0.25, 0.3) is 0 Å². The van der Waals surface area contributed by atoms with Crippen molar-refractivity contribution < 1.29 is 14.3 Å². The highest BCUT2D eigenvalue weighted by atomic mass is 16.7. The molecule has 0 amide bonds. The van der Waals surface area contributed by atoms with Crippen molar-refractivity contribution in [1.29, 1.82) is 0 Å². The monoisotopic (exact) mass is 385 g/mol. The van der Waals surface area contributed by atoms with Gasteiger partial charge in [0.1, 0.15) is 17.7 Å². The third kappa shape index (κ3) is 5.02. The van der Waals surface area contributed by atoms with Crippen molar-refractivity contribution in [3.05, 3.63) is 29.5 Å². The first-order chi connectivity index (χ1) is 13.6. The number of nitrogens with zero attached hydrogens (tertiary/aromatic N) is 4. The second-order valence-corrected chi connectivity index (χ2v) is 6.94. The maximum atomic E-state index is 11.1. The fourth-order valence-electron chi connectivity index (χ4n) is 3.30. The first kappa shape index (κ1) is 20.2. The Hall–Kier alpha value is -2.58. The number of benzene rings is 1. The molecule has 3 rings (SSSR count). The van der Waals surface area contributed by atoms with Crippen LogP contribution in [0.2, 0.25) is 0 Å². The molecule has 1 aliphatic heterocycles. The molecule has 150 valence electrons. The number of aldehydes is 1. The summed E-state index contributed by atoms with van der Waals surface area (Å²) < 4.78 is 11.0. The number of hydrogen-bond donors (Lipinski definition) is 1. The molecule has 0 spiro atoms. The van der Waals surface area contributed by atoms with Gasteiger partial charge in [0.15, 0.2) is 6.79 Å². The van der Waals surface area contributed by atoms with Crippen molar-refractivity contribution >= 4 is 12.2 Å². The number of piperidine rings is 1. The van der Waals surface area contributed by atoms with E-state index in [9.17, 15) is 4.79 Å². The number of rotatable bonds is 8. The third-order valence-corrected chi connectivity index (χ3v) is 4.72. The molecule has 1 saturated heterocycles. The Morgan fingerprint density at radius 2 is 2.21 bits per heavy atom. The van der Waals surface area contributed by atoms with E-state index in [1.165, 1.54) is 0 Å². The number of likely N-dealkylation sites (tertiary alicyclic amines) is 1. The van der Waals surface area contributed by atoms with Gasteiger partial charge in [-0.25, -0.2) is 4.98 Å². The van der Waals surface area contributed by atoms with Crippen LogP contribution in [0.5, 0.6) is 5.75 Å². The average Bonchev–Trinajstić information content (AvgIpc) is 2.68. The van der Waals surface area contributed by atoms with Gasteiger partial charge in [-0.2, -0.15) is 0 Å². The molecule has 2 heterocycles. The van der Waals surface area contributed by atoms with Crippen molar-refractivity contribution in [3.63, 3.8) is 0 Å². The average molecular weight is 385 g/mol. The van der Waals surface area contributed by atoms with Gasteiger partial charge in [-0.05, 0) is 52.4 Å². The Kier molecular flexibility index (Phi) is 6.89. The minimum atomic E-state index is 0.0978. The van der Waals surface area contributed by atoms with Crippen LogP contribution < -0.4 is 10.1 Å². The zero-order valence-electron chi connectivity index (χ0n) is 16.6. The first-order valence-electron chi connectivity index (χ1n) is 9.57. The van der Waals surface area contributed by atoms with Gasteiger partial charge in [-0.3, -0.25) is 4.79 Å². The van der Waals surface area contributed by atoms with Gasteiger partial charge in [-0.15, -0.1) is 10.2 Å². The summed E-state index contributed by atoms with van der Waals surface area (Å²) in [6.45, 7) is 6.51. The van der Waals surface area contributed by atoms with Crippen LogP contribution >= 0.6 is 0 Å². The van der Waals surface area contributed by atoms with Gasteiger partial charge >= 0.3 is 0 Å². The molecule has 1 fully saturated rings. The quantitative estimate of drug-likeness (QED) is 0.421. The van der Waals surface area contributed by atoms with Crippen LogP contribution in [0, 0.1) is 6.92 Å². The number of nitrogens with one attached hydrogen (secondary N) is 1. The Morgan fingerprint density at radius 1 is 1.36 bits per heavy atom. The molecule has 8 heteroatoms. The van der Waals surface area contributed by atoms with Crippen LogP contribution in [0.25, 0.3) is 11.3 Å². The summed E-state index contributed by atoms with van der Waals surface area (Å²) in [4.78, 5) is 18.0. The van der Waals surface area contributed by atoms with E-state index >= 15 is 0 Å². The van der Waals surface area contributed by atoms with Crippen LogP contribution in [0.1, 0.15) is 35.8 Å². The highest BCUT2D eigenvalue weighted by Gasteiger charge is 2.19. The van der Waals surface area contributed by atoms with Crippen LogP contribution in [0.3, 0.4) is 0 Å². The van der Waals surface area contributed by atoms with Crippen molar-refractivity contribution in [2.45, 2.75) is 32.7 Å². The van der Waals surface area contributed by atoms with Crippen molar-refractivity contribution in [2.75, 3.05) is 38.9 Å². The van der Waals surface area contributed by atoms with E-state index in [0.717, 1.165) is 43.5 Å². The summed E-state index contributed by atoms with van der Waals surface area (Å²) in [5.41, 5.74) is 2.61. The molecule has 28 heavy (non-hydrogen) atoms. The minimum absolute atomic E-state index is 0.0978. The number of aryl methyl sites for hydroxylation is 1. The Labute approximate surface area is 165 Å². The summed E-state index contributed by atoms with van der Waals surface area (Å²) >= 11 is 0. The lowest BCUT2D eigenvalue weighted by Gasteiger charge is -2.30. The smallest absolute Gasteiger partial charge is 0.243 e. The maximum Gasteiger partial charge on any atom is 0.243 e.